The lowest BCUT2D eigenvalue weighted by Gasteiger charge is -2.86. The summed E-state index contributed by atoms with van der Waals surface area (Å²) in [5, 5.41) is 12.1. The monoisotopic (exact) mass is 419 g/mol. The third-order valence-electron chi connectivity index (χ3n) is 8.78. The molecule has 5 atom stereocenters. The Hall–Kier alpha value is -2.44. The Morgan fingerprint density at radius 1 is 1.35 bits per heavy atom. The zero-order chi connectivity index (χ0) is 21.2. The number of nitrogens with zero attached hydrogens (tertiary/aromatic N) is 1. The van der Waals surface area contributed by atoms with Crippen LogP contribution in [0.3, 0.4) is 0 Å². The third-order valence-corrected chi connectivity index (χ3v) is 8.78. The van der Waals surface area contributed by atoms with Gasteiger partial charge in [-0.3, -0.25) is 9.69 Å². The number of hydrogen-bond acceptors (Lipinski definition) is 6. The molecule has 2 aliphatic heterocycles. The molecule has 6 heteroatoms. The maximum absolute atomic E-state index is 13.2. The van der Waals surface area contributed by atoms with Gasteiger partial charge in [-0.25, -0.2) is 4.79 Å². The predicted octanol–water partition coefficient (Wildman–Crippen LogP) is 2.22. The second-order valence-electron chi connectivity index (χ2n) is 10.1. The van der Waals surface area contributed by atoms with E-state index in [1.54, 1.807) is 18.2 Å². The van der Waals surface area contributed by atoms with Gasteiger partial charge in [0.2, 0.25) is 0 Å². The zero-order valence-electron chi connectivity index (χ0n) is 17.5. The maximum Gasteiger partial charge on any atom is 0.336 e. The number of ether oxygens (including phenoxy) is 2. The van der Waals surface area contributed by atoms with Crippen LogP contribution < -0.4 is 9.47 Å². The van der Waals surface area contributed by atoms with E-state index in [0.29, 0.717) is 23.8 Å². The van der Waals surface area contributed by atoms with E-state index in [1.807, 2.05) is 19.1 Å². The summed E-state index contributed by atoms with van der Waals surface area (Å²) in [7, 11) is 0. The number of allylic oxidation sites excluding steroid dienone is 3. The maximum atomic E-state index is 13.2. The first kappa shape index (κ1) is 18.2. The van der Waals surface area contributed by atoms with Crippen LogP contribution in [0.4, 0.5) is 0 Å². The molecule has 1 saturated heterocycles. The van der Waals surface area contributed by atoms with Crippen LogP contribution in [0.2, 0.25) is 0 Å². The summed E-state index contributed by atoms with van der Waals surface area (Å²) in [6, 6.07) is 3.80. The molecule has 6 nitrogen and oxygen atoms in total. The molecule has 2 spiro atoms. The minimum absolute atomic E-state index is 0.0386. The molecule has 31 heavy (non-hydrogen) atoms. The van der Waals surface area contributed by atoms with Gasteiger partial charge in [0.05, 0.1) is 11.0 Å². The van der Waals surface area contributed by atoms with Gasteiger partial charge >= 0.3 is 5.97 Å². The normalized spacial score (nSPS) is 41.0. The van der Waals surface area contributed by atoms with Crippen molar-refractivity contribution in [3.05, 3.63) is 47.6 Å². The number of likely N-dealkylation sites (tertiary alicyclic amines) is 1. The van der Waals surface area contributed by atoms with Gasteiger partial charge in [0.1, 0.15) is 5.60 Å². The van der Waals surface area contributed by atoms with Crippen molar-refractivity contribution in [2.45, 2.75) is 67.7 Å². The Balaban J connectivity index is 1.32. The van der Waals surface area contributed by atoms with Gasteiger partial charge in [-0.05, 0) is 50.2 Å². The highest BCUT2D eigenvalue weighted by Gasteiger charge is 2.94. The lowest BCUT2D eigenvalue weighted by Crippen LogP contribution is -3.03. The first-order valence-corrected chi connectivity index (χ1v) is 11.3. The average molecular weight is 419 g/mol. The Morgan fingerprint density at radius 3 is 2.97 bits per heavy atom. The van der Waals surface area contributed by atoms with E-state index >= 15 is 0 Å². The molecule has 2 bridgehead atoms. The standard InChI is InChI=1S/C25H25NO5/c1-2-3-4-5-19(28)30-17-9-8-15-10-18-25(29)23(26(18)12-14-6-7-14)11-16(27)22-24(25,13-23)20(15)21(17)31-22/h2-5,8-9,14,18,22,29H,6-7,10-13H2,1H3/b3-2+,5-4+/t18-,22+,23?,24+,25+/m1/s1. The highest BCUT2D eigenvalue weighted by Crippen LogP contribution is 2.80. The van der Waals surface area contributed by atoms with Crippen molar-refractivity contribution < 1.29 is 24.2 Å². The smallest absolute Gasteiger partial charge is 0.336 e. The molecule has 8 rings (SSSR count). The van der Waals surface area contributed by atoms with E-state index < -0.39 is 28.6 Å². The van der Waals surface area contributed by atoms with Crippen LogP contribution in [0.1, 0.15) is 43.7 Å². The molecule has 1 N–H and O–H groups in total. The van der Waals surface area contributed by atoms with Gasteiger partial charge in [0.25, 0.3) is 0 Å². The number of Topliss-reactive ketones (excluding diaryl/α,β-unsaturated/α-hetero) is 1. The topological polar surface area (TPSA) is 76.1 Å². The molecular weight excluding hydrogens is 394 g/mol. The quantitative estimate of drug-likeness (QED) is 0.341. The molecule has 7 aliphatic rings. The SMILES string of the molecule is C/C=C/C=C/C(=O)Oc1ccc2c3c1O[C@H]1C(=O)CC45C[C@]31[C@]4(O)[C@@H](C2)N5CC1CC1. The second kappa shape index (κ2) is 5.48. The number of carbonyl (C=O) groups is 2. The van der Waals surface area contributed by atoms with Crippen LogP contribution >= 0.6 is 0 Å². The first-order chi connectivity index (χ1) is 15.0. The van der Waals surface area contributed by atoms with E-state index in [2.05, 4.69) is 4.90 Å². The largest absolute Gasteiger partial charge is 0.477 e. The number of carbonyl (C=O) groups excluding carboxylic acids is 2. The van der Waals surface area contributed by atoms with Crippen LogP contribution in [0.15, 0.2) is 36.4 Å². The van der Waals surface area contributed by atoms with E-state index in [4.69, 9.17) is 9.47 Å². The van der Waals surface area contributed by atoms with E-state index in [0.717, 1.165) is 30.5 Å². The molecule has 5 fully saturated rings. The highest BCUT2D eigenvalue weighted by atomic mass is 16.6. The van der Waals surface area contributed by atoms with Gasteiger partial charge < -0.3 is 14.6 Å². The summed E-state index contributed by atoms with van der Waals surface area (Å²) >= 11 is 0. The Labute approximate surface area is 180 Å². The number of esters is 1. The minimum atomic E-state index is -0.930. The number of ketones is 1. The van der Waals surface area contributed by atoms with Crippen molar-refractivity contribution in [3.63, 3.8) is 0 Å². The Kier molecular flexibility index (Phi) is 3.21. The van der Waals surface area contributed by atoms with Crippen LogP contribution in [-0.2, 0) is 21.4 Å². The fraction of sp³-hybridized carbons (Fsp3) is 0.520. The Bertz CT molecular complexity index is 1120. The molecular formula is C25H25NO5. The molecule has 1 aromatic carbocycles. The molecule has 0 radical (unpaired) electrons. The number of rotatable bonds is 5. The highest BCUT2D eigenvalue weighted by molar-refractivity contribution is 5.95. The Morgan fingerprint density at radius 2 is 2.19 bits per heavy atom. The summed E-state index contributed by atoms with van der Waals surface area (Å²) < 4.78 is 11.8. The fourth-order valence-electron chi connectivity index (χ4n) is 7.56. The van der Waals surface area contributed by atoms with Crippen molar-refractivity contribution in [3.8, 4) is 11.5 Å². The molecule has 1 unspecified atom stereocenters. The number of aliphatic hydroxyl groups is 1. The molecule has 4 saturated carbocycles. The summed E-state index contributed by atoms with van der Waals surface area (Å²) in [4.78, 5) is 27.9. The molecule has 2 heterocycles. The van der Waals surface area contributed by atoms with Crippen molar-refractivity contribution in [1.82, 2.24) is 4.90 Å². The summed E-state index contributed by atoms with van der Waals surface area (Å²) in [6.45, 7) is 2.85. The van der Waals surface area contributed by atoms with Gasteiger partial charge in [0, 0.05) is 30.6 Å². The molecule has 0 amide bonds. The van der Waals surface area contributed by atoms with Crippen molar-refractivity contribution in [1.29, 1.82) is 0 Å². The van der Waals surface area contributed by atoms with E-state index in [9.17, 15) is 14.7 Å². The van der Waals surface area contributed by atoms with E-state index in [1.165, 1.54) is 18.9 Å². The van der Waals surface area contributed by atoms with Gasteiger partial charge in [-0.1, -0.05) is 24.3 Å². The van der Waals surface area contributed by atoms with Crippen LogP contribution in [0.25, 0.3) is 0 Å². The average Bonchev–Trinajstić information content (AvgIpc) is 3.49. The van der Waals surface area contributed by atoms with Crippen LogP contribution in [-0.4, -0.2) is 51.6 Å². The summed E-state index contributed by atoms with van der Waals surface area (Å²) in [6.07, 6.45) is 10.2. The van der Waals surface area contributed by atoms with Gasteiger partial charge in [-0.2, -0.15) is 0 Å². The number of piperidine rings is 1. The zero-order valence-corrected chi connectivity index (χ0v) is 17.5. The van der Waals surface area contributed by atoms with Crippen LogP contribution in [0.5, 0.6) is 11.5 Å². The van der Waals surface area contributed by atoms with E-state index in [-0.39, 0.29) is 11.8 Å². The summed E-state index contributed by atoms with van der Waals surface area (Å²) in [5.41, 5.74) is -0.0356. The molecule has 1 aromatic rings. The first-order valence-electron chi connectivity index (χ1n) is 11.3. The molecule has 5 aliphatic carbocycles. The molecule has 160 valence electrons. The predicted molar refractivity (Wildman–Crippen MR) is 111 cm³/mol. The third kappa shape index (κ3) is 1.82. The summed E-state index contributed by atoms with van der Waals surface area (Å²) in [5.74, 6) is 1.08. The molecule has 0 aromatic heterocycles. The van der Waals surface area contributed by atoms with Gasteiger partial charge in [-0.15, -0.1) is 0 Å². The minimum Gasteiger partial charge on any atom is -0.477 e. The van der Waals surface area contributed by atoms with Crippen molar-refractivity contribution >= 4 is 11.8 Å². The van der Waals surface area contributed by atoms with Gasteiger partial charge in [0.15, 0.2) is 23.4 Å². The lowest BCUT2D eigenvalue weighted by molar-refractivity contribution is -0.385. The van der Waals surface area contributed by atoms with Crippen molar-refractivity contribution in [2.24, 2.45) is 5.92 Å². The number of hydrogen-bond donors (Lipinski definition) is 1. The lowest BCUT2D eigenvalue weighted by atomic mass is 9.29. The number of fused-ring (bicyclic) bond motifs is 1. The number of benzene rings is 1. The fourth-order valence-corrected chi connectivity index (χ4v) is 7.56. The van der Waals surface area contributed by atoms with Crippen molar-refractivity contribution in [2.75, 3.05) is 6.54 Å². The van der Waals surface area contributed by atoms with Crippen LogP contribution in [0, 0.1) is 5.92 Å². The second-order valence-corrected chi connectivity index (χ2v) is 10.1.